The van der Waals surface area contributed by atoms with E-state index in [9.17, 15) is 19.5 Å². The normalized spacial score (nSPS) is 14.3. The number of benzene rings is 1. The molecule has 0 saturated carbocycles. The summed E-state index contributed by atoms with van der Waals surface area (Å²) in [6.45, 7) is 3.58. The highest BCUT2D eigenvalue weighted by atomic mass is 16.4. The van der Waals surface area contributed by atoms with Crippen LogP contribution in [0, 0.1) is 6.92 Å². The van der Waals surface area contributed by atoms with Crippen molar-refractivity contribution >= 4 is 33.7 Å². The maximum Gasteiger partial charge on any atom is 0.339 e. The van der Waals surface area contributed by atoms with E-state index in [0.717, 1.165) is 23.9 Å². The second-order valence-corrected chi connectivity index (χ2v) is 7.22. The first-order valence-electron chi connectivity index (χ1n) is 9.40. The fourth-order valence-electron chi connectivity index (χ4n) is 3.84. The number of pyridine rings is 2. The van der Waals surface area contributed by atoms with Gasteiger partial charge >= 0.3 is 5.97 Å². The summed E-state index contributed by atoms with van der Waals surface area (Å²) in [5, 5.41) is 10.8. The summed E-state index contributed by atoms with van der Waals surface area (Å²) in [6.07, 6.45) is 3.42. The van der Waals surface area contributed by atoms with Crippen molar-refractivity contribution in [1.29, 1.82) is 0 Å². The zero-order valence-electron chi connectivity index (χ0n) is 15.6. The van der Waals surface area contributed by atoms with Gasteiger partial charge in [0.1, 0.15) is 5.56 Å². The predicted octanol–water partition coefficient (Wildman–Crippen LogP) is 2.57. The van der Waals surface area contributed by atoms with Crippen LogP contribution in [-0.2, 0) is 11.3 Å². The maximum absolute atomic E-state index is 13.0. The number of aryl methyl sites for hydroxylation is 2. The lowest BCUT2D eigenvalue weighted by Gasteiger charge is -2.16. The van der Waals surface area contributed by atoms with Gasteiger partial charge in [0.25, 0.3) is 5.56 Å². The lowest BCUT2D eigenvalue weighted by atomic mass is 10.1. The fourth-order valence-corrected chi connectivity index (χ4v) is 3.84. The minimum atomic E-state index is -1.12. The molecule has 1 amide bonds. The van der Waals surface area contributed by atoms with Gasteiger partial charge < -0.3 is 14.6 Å². The maximum atomic E-state index is 13.0. The molecule has 0 unspecified atom stereocenters. The summed E-state index contributed by atoms with van der Waals surface area (Å²) in [4.78, 5) is 42.8. The van der Waals surface area contributed by atoms with E-state index in [1.807, 2.05) is 25.1 Å². The predicted molar refractivity (Wildman–Crippen MR) is 106 cm³/mol. The minimum Gasteiger partial charge on any atom is -0.478 e. The number of carbonyl (C=O) groups is 2. The molecule has 7 heteroatoms. The molecule has 1 aliphatic heterocycles. The number of carboxylic acid groups (broad SMARTS) is 1. The molecule has 1 aliphatic rings. The molecule has 0 atom stereocenters. The number of hydrogen-bond acceptors (Lipinski definition) is 4. The molecule has 3 heterocycles. The Morgan fingerprint density at radius 1 is 1.21 bits per heavy atom. The molecule has 0 bridgehead atoms. The SMILES string of the molecule is Cc1cccc2cc3c(=O)n(CCCN4CCCC4=O)cc(C(=O)O)c3nc12. The molecule has 28 heavy (non-hydrogen) atoms. The molecular formula is C21H21N3O4. The highest BCUT2D eigenvalue weighted by molar-refractivity contribution is 6.04. The third kappa shape index (κ3) is 3.13. The van der Waals surface area contributed by atoms with E-state index in [2.05, 4.69) is 4.98 Å². The van der Waals surface area contributed by atoms with Gasteiger partial charge in [-0.05, 0) is 31.4 Å². The van der Waals surface area contributed by atoms with Crippen LogP contribution in [0.25, 0.3) is 21.8 Å². The first-order chi connectivity index (χ1) is 13.5. The number of carboxylic acids is 1. The van der Waals surface area contributed by atoms with E-state index in [4.69, 9.17) is 0 Å². The third-order valence-electron chi connectivity index (χ3n) is 5.31. The van der Waals surface area contributed by atoms with Gasteiger partial charge in [0.05, 0.1) is 16.4 Å². The third-order valence-corrected chi connectivity index (χ3v) is 5.31. The molecule has 0 spiro atoms. The molecule has 1 aromatic carbocycles. The largest absolute Gasteiger partial charge is 0.478 e. The number of fused-ring (bicyclic) bond motifs is 2. The highest BCUT2D eigenvalue weighted by Crippen LogP contribution is 2.22. The summed E-state index contributed by atoms with van der Waals surface area (Å²) >= 11 is 0. The van der Waals surface area contributed by atoms with Crippen LogP contribution in [0.5, 0.6) is 0 Å². The van der Waals surface area contributed by atoms with E-state index >= 15 is 0 Å². The second kappa shape index (κ2) is 7.07. The van der Waals surface area contributed by atoms with E-state index in [1.54, 1.807) is 11.0 Å². The summed E-state index contributed by atoms with van der Waals surface area (Å²) < 4.78 is 1.43. The number of carbonyl (C=O) groups excluding carboxylic acids is 1. The number of aromatic carboxylic acids is 1. The number of hydrogen-bond donors (Lipinski definition) is 1. The van der Waals surface area contributed by atoms with Crippen molar-refractivity contribution in [2.24, 2.45) is 0 Å². The molecule has 1 saturated heterocycles. The van der Waals surface area contributed by atoms with Gasteiger partial charge in [-0.3, -0.25) is 9.59 Å². The molecule has 3 aromatic rings. The Kier molecular flexibility index (Phi) is 4.58. The van der Waals surface area contributed by atoms with Crippen molar-refractivity contribution in [1.82, 2.24) is 14.5 Å². The number of rotatable bonds is 5. The molecule has 7 nitrogen and oxygen atoms in total. The van der Waals surface area contributed by atoms with Crippen LogP contribution in [0.3, 0.4) is 0 Å². The molecule has 144 valence electrons. The molecule has 0 aliphatic carbocycles. The first-order valence-corrected chi connectivity index (χ1v) is 9.40. The van der Waals surface area contributed by atoms with E-state index in [-0.39, 0.29) is 22.5 Å². The standard InChI is InChI=1S/C21H21N3O4/c1-13-5-2-6-14-11-15-19(22-18(13)14)16(21(27)28)12-24(20(15)26)10-4-9-23-8-3-7-17(23)25/h2,5-6,11-12H,3-4,7-10H2,1H3,(H,27,28). The van der Waals surface area contributed by atoms with Crippen LogP contribution in [0.15, 0.2) is 35.3 Å². The lowest BCUT2D eigenvalue weighted by molar-refractivity contribution is -0.127. The summed E-state index contributed by atoms with van der Waals surface area (Å²) in [7, 11) is 0. The summed E-state index contributed by atoms with van der Waals surface area (Å²) in [6, 6.07) is 7.38. The Bertz CT molecular complexity index is 1170. The van der Waals surface area contributed by atoms with Crippen molar-refractivity contribution in [3.05, 3.63) is 51.9 Å². The van der Waals surface area contributed by atoms with Crippen molar-refractivity contribution in [2.45, 2.75) is 32.7 Å². The van der Waals surface area contributed by atoms with Crippen molar-refractivity contribution < 1.29 is 14.7 Å². The zero-order valence-corrected chi connectivity index (χ0v) is 15.6. The van der Waals surface area contributed by atoms with Crippen LogP contribution in [0.4, 0.5) is 0 Å². The smallest absolute Gasteiger partial charge is 0.339 e. The van der Waals surface area contributed by atoms with Crippen LogP contribution in [0.1, 0.15) is 35.2 Å². The Morgan fingerprint density at radius 2 is 2.04 bits per heavy atom. The molecule has 0 radical (unpaired) electrons. The van der Waals surface area contributed by atoms with Gasteiger partial charge in [0.15, 0.2) is 0 Å². The molecule has 2 aromatic heterocycles. The number of aromatic nitrogens is 2. The van der Waals surface area contributed by atoms with Crippen molar-refractivity contribution in [2.75, 3.05) is 13.1 Å². The molecule has 1 fully saturated rings. The number of likely N-dealkylation sites (tertiary alicyclic amines) is 1. The summed E-state index contributed by atoms with van der Waals surface area (Å²) in [5.74, 6) is -0.975. The average molecular weight is 379 g/mol. The van der Waals surface area contributed by atoms with E-state index in [0.29, 0.717) is 36.8 Å². The first kappa shape index (κ1) is 18.2. The minimum absolute atomic E-state index is 0.0111. The van der Waals surface area contributed by atoms with Gasteiger partial charge in [0.2, 0.25) is 5.91 Å². The Balaban J connectivity index is 1.76. The number of amides is 1. The van der Waals surface area contributed by atoms with E-state index < -0.39 is 5.97 Å². The van der Waals surface area contributed by atoms with Gasteiger partial charge in [-0.15, -0.1) is 0 Å². The topological polar surface area (TPSA) is 92.5 Å². The monoisotopic (exact) mass is 379 g/mol. The van der Waals surface area contributed by atoms with Crippen molar-refractivity contribution in [3.8, 4) is 0 Å². The van der Waals surface area contributed by atoms with E-state index in [1.165, 1.54) is 10.8 Å². The van der Waals surface area contributed by atoms with Gasteiger partial charge in [-0.1, -0.05) is 18.2 Å². The lowest BCUT2D eigenvalue weighted by Crippen LogP contribution is -2.28. The van der Waals surface area contributed by atoms with Crippen LogP contribution in [0.2, 0.25) is 0 Å². The van der Waals surface area contributed by atoms with Crippen LogP contribution in [-0.4, -0.2) is 44.5 Å². The Labute approximate surface area is 161 Å². The van der Waals surface area contributed by atoms with Gasteiger partial charge in [-0.25, -0.2) is 9.78 Å². The van der Waals surface area contributed by atoms with Crippen LogP contribution >= 0.6 is 0 Å². The summed E-state index contributed by atoms with van der Waals surface area (Å²) in [5.41, 5.74) is 1.59. The number of para-hydroxylation sites is 1. The van der Waals surface area contributed by atoms with Crippen LogP contribution < -0.4 is 5.56 Å². The van der Waals surface area contributed by atoms with Gasteiger partial charge in [0, 0.05) is 37.6 Å². The second-order valence-electron chi connectivity index (χ2n) is 7.22. The molecule has 1 N–H and O–H groups in total. The molecule has 4 rings (SSSR count). The fraction of sp³-hybridized carbons (Fsp3) is 0.333. The molecular weight excluding hydrogens is 358 g/mol. The Morgan fingerprint density at radius 3 is 2.75 bits per heavy atom. The quantitative estimate of drug-likeness (QED) is 0.688. The zero-order chi connectivity index (χ0) is 19.8. The Hall–Kier alpha value is -3.22. The highest BCUT2D eigenvalue weighted by Gasteiger charge is 2.20. The van der Waals surface area contributed by atoms with Crippen molar-refractivity contribution in [3.63, 3.8) is 0 Å². The average Bonchev–Trinajstić information content (AvgIpc) is 3.07. The van der Waals surface area contributed by atoms with Gasteiger partial charge in [-0.2, -0.15) is 0 Å². The number of nitrogens with zero attached hydrogens (tertiary/aromatic N) is 3.